The van der Waals surface area contributed by atoms with Crippen LogP contribution in [-0.4, -0.2) is 20.2 Å². The maximum Gasteiger partial charge on any atom is 0.165 e. The average molecular weight is 170 g/mol. The highest BCUT2D eigenvalue weighted by Crippen LogP contribution is 2.14. The third-order valence-electron chi connectivity index (χ3n) is 1.50. The normalized spacial score (nSPS) is 9.83. The molecule has 0 aliphatic heterocycles. The van der Waals surface area contributed by atoms with E-state index in [2.05, 4.69) is 0 Å². The van der Waals surface area contributed by atoms with Gasteiger partial charge in [0.1, 0.15) is 13.2 Å². The Morgan fingerprint density at radius 2 is 2.17 bits per heavy atom. The van der Waals surface area contributed by atoms with Gasteiger partial charge in [0.2, 0.25) is 0 Å². The molecule has 0 atom stereocenters. The zero-order chi connectivity index (χ0) is 8.81. The summed E-state index contributed by atoms with van der Waals surface area (Å²) >= 11 is 0. The Morgan fingerprint density at radius 1 is 1.42 bits per heavy atom. The Bertz CT molecular complexity index is 240. The van der Waals surface area contributed by atoms with Crippen molar-refractivity contribution in [1.29, 1.82) is 0 Å². The molecule has 3 heteroatoms. The molecule has 0 fully saturated rings. The quantitative estimate of drug-likeness (QED) is 0.650. The van der Waals surface area contributed by atoms with E-state index in [1.807, 2.05) is 12.4 Å². The van der Waals surface area contributed by atoms with Crippen molar-refractivity contribution in [3.8, 4) is 5.75 Å². The fourth-order valence-electron chi connectivity index (χ4n) is 0.849. The molecule has 1 rings (SSSR count). The number of likely N-dealkylation sites (N-methyl/N-ethyl adjacent to an activating group) is 1. The van der Waals surface area contributed by atoms with Crippen LogP contribution in [0, 0.1) is 5.82 Å². The molecule has 0 heterocycles. The highest BCUT2D eigenvalue weighted by molar-refractivity contribution is 5.23. The Labute approximate surface area is 71.4 Å². The molecule has 2 N–H and O–H groups in total. The molecule has 2 nitrogen and oxygen atoms in total. The molecule has 0 bridgehead atoms. The summed E-state index contributed by atoms with van der Waals surface area (Å²) in [5.74, 6) is 0.0351. The molecule has 1 aromatic rings. The van der Waals surface area contributed by atoms with Crippen LogP contribution < -0.4 is 10.1 Å². The molecule has 0 radical (unpaired) electrons. The lowest BCUT2D eigenvalue weighted by molar-refractivity contribution is -0.627. The summed E-state index contributed by atoms with van der Waals surface area (Å²) in [6.07, 6.45) is 0. The number of nitrogens with two attached hydrogens (primary N) is 1. The monoisotopic (exact) mass is 170 g/mol. The van der Waals surface area contributed by atoms with Gasteiger partial charge in [-0.05, 0) is 12.1 Å². The number of halogens is 1. The number of para-hydroxylation sites is 1. The largest absolute Gasteiger partial charge is 0.485 e. The third kappa shape index (κ3) is 2.51. The van der Waals surface area contributed by atoms with E-state index in [0.717, 1.165) is 6.54 Å². The number of hydrogen-bond donors (Lipinski definition) is 1. The molecular weight excluding hydrogens is 157 g/mol. The lowest BCUT2D eigenvalue weighted by Crippen LogP contribution is -2.80. The van der Waals surface area contributed by atoms with Gasteiger partial charge in [0, 0.05) is 0 Å². The summed E-state index contributed by atoms with van der Waals surface area (Å²) in [7, 11) is 1.95. The van der Waals surface area contributed by atoms with Crippen LogP contribution in [0.25, 0.3) is 0 Å². The first kappa shape index (κ1) is 9.00. The highest BCUT2D eigenvalue weighted by Gasteiger charge is 1.99. The van der Waals surface area contributed by atoms with Crippen LogP contribution in [0.15, 0.2) is 24.3 Å². The third-order valence-corrected chi connectivity index (χ3v) is 1.50. The van der Waals surface area contributed by atoms with E-state index in [4.69, 9.17) is 4.74 Å². The zero-order valence-corrected chi connectivity index (χ0v) is 7.09. The van der Waals surface area contributed by atoms with Gasteiger partial charge in [0.15, 0.2) is 11.6 Å². The second kappa shape index (κ2) is 4.72. The van der Waals surface area contributed by atoms with E-state index in [0.29, 0.717) is 12.4 Å². The van der Waals surface area contributed by atoms with Gasteiger partial charge in [-0.1, -0.05) is 12.1 Å². The van der Waals surface area contributed by atoms with Gasteiger partial charge in [-0.2, -0.15) is 0 Å². The van der Waals surface area contributed by atoms with E-state index < -0.39 is 0 Å². The van der Waals surface area contributed by atoms with E-state index in [1.165, 1.54) is 6.07 Å². The number of rotatable bonds is 4. The summed E-state index contributed by atoms with van der Waals surface area (Å²) in [5.41, 5.74) is 0. The van der Waals surface area contributed by atoms with Crippen molar-refractivity contribution in [3.05, 3.63) is 30.1 Å². The van der Waals surface area contributed by atoms with Gasteiger partial charge in [0.05, 0.1) is 7.05 Å². The average Bonchev–Trinajstić information content (AvgIpc) is 2.09. The first-order chi connectivity index (χ1) is 5.84. The standard InChI is InChI=1S/C9H12FNO/c1-11-6-7-12-9-5-3-2-4-8(9)10/h2-5,11H,6-7H2,1H3/p+1. The van der Waals surface area contributed by atoms with Crippen molar-refractivity contribution >= 4 is 0 Å². The van der Waals surface area contributed by atoms with Crippen molar-refractivity contribution in [2.75, 3.05) is 20.2 Å². The lowest BCUT2D eigenvalue weighted by atomic mass is 10.3. The Hall–Kier alpha value is -1.09. The van der Waals surface area contributed by atoms with Crippen molar-refractivity contribution in [1.82, 2.24) is 0 Å². The van der Waals surface area contributed by atoms with Crippen LogP contribution >= 0.6 is 0 Å². The van der Waals surface area contributed by atoms with Gasteiger partial charge in [-0.3, -0.25) is 0 Å². The molecule has 1 aromatic carbocycles. The van der Waals surface area contributed by atoms with Gasteiger partial charge in [-0.25, -0.2) is 4.39 Å². The molecule has 0 aromatic heterocycles. The second-order valence-corrected chi connectivity index (χ2v) is 2.48. The number of benzene rings is 1. The van der Waals surface area contributed by atoms with Crippen molar-refractivity contribution < 1.29 is 14.4 Å². The summed E-state index contributed by atoms with van der Waals surface area (Å²) in [4.78, 5) is 0. The van der Waals surface area contributed by atoms with E-state index in [-0.39, 0.29) is 5.82 Å². The minimum absolute atomic E-state index is 0.298. The minimum Gasteiger partial charge on any atom is -0.485 e. The minimum atomic E-state index is -0.298. The summed E-state index contributed by atoms with van der Waals surface area (Å²) in [5, 5.41) is 1.99. The molecule has 0 aliphatic rings. The zero-order valence-electron chi connectivity index (χ0n) is 7.09. The van der Waals surface area contributed by atoms with Crippen molar-refractivity contribution in [2.24, 2.45) is 0 Å². The van der Waals surface area contributed by atoms with Crippen LogP contribution in [0.4, 0.5) is 4.39 Å². The molecule has 0 spiro atoms. The molecular formula is C9H13FNO+. The Balaban J connectivity index is 2.46. The predicted octanol–water partition coefficient (Wildman–Crippen LogP) is 0.398. The molecule has 0 saturated heterocycles. The fourth-order valence-corrected chi connectivity index (χ4v) is 0.849. The molecule has 0 aliphatic carbocycles. The molecule has 0 amide bonds. The summed E-state index contributed by atoms with van der Waals surface area (Å²) in [6, 6.07) is 6.43. The fraction of sp³-hybridized carbons (Fsp3) is 0.333. The van der Waals surface area contributed by atoms with Gasteiger partial charge >= 0.3 is 0 Å². The van der Waals surface area contributed by atoms with Crippen LogP contribution in [0.3, 0.4) is 0 Å². The lowest BCUT2D eigenvalue weighted by Gasteiger charge is -2.04. The van der Waals surface area contributed by atoms with E-state index in [1.54, 1.807) is 18.2 Å². The summed E-state index contributed by atoms with van der Waals surface area (Å²) < 4.78 is 18.1. The topological polar surface area (TPSA) is 25.8 Å². The van der Waals surface area contributed by atoms with Crippen LogP contribution in [-0.2, 0) is 0 Å². The van der Waals surface area contributed by atoms with Gasteiger partial charge in [0.25, 0.3) is 0 Å². The smallest absolute Gasteiger partial charge is 0.165 e. The maximum atomic E-state index is 12.9. The Kier molecular flexibility index (Phi) is 3.54. The summed E-state index contributed by atoms with van der Waals surface area (Å²) in [6.45, 7) is 1.38. The molecule has 12 heavy (non-hydrogen) atoms. The number of quaternary nitrogens is 1. The van der Waals surface area contributed by atoms with Gasteiger partial charge in [-0.15, -0.1) is 0 Å². The van der Waals surface area contributed by atoms with Crippen molar-refractivity contribution in [3.63, 3.8) is 0 Å². The van der Waals surface area contributed by atoms with E-state index in [9.17, 15) is 4.39 Å². The highest BCUT2D eigenvalue weighted by atomic mass is 19.1. The second-order valence-electron chi connectivity index (χ2n) is 2.48. The predicted molar refractivity (Wildman–Crippen MR) is 44.6 cm³/mol. The van der Waals surface area contributed by atoms with Crippen molar-refractivity contribution in [2.45, 2.75) is 0 Å². The van der Waals surface area contributed by atoms with Crippen LogP contribution in [0.2, 0.25) is 0 Å². The van der Waals surface area contributed by atoms with E-state index >= 15 is 0 Å². The SMILES string of the molecule is C[NH2+]CCOc1ccccc1F. The molecule has 0 saturated carbocycles. The van der Waals surface area contributed by atoms with Crippen LogP contribution in [0.5, 0.6) is 5.75 Å². The molecule has 66 valence electrons. The Morgan fingerprint density at radius 3 is 2.83 bits per heavy atom. The first-order valence-electron chi connectivity index (χ1n) is 3.99. The molecule has 0 unspecified atom stereocenters. The maximum absolute atomic E-state index is 12.9. The van der Waals surface area contributed by atoms with Crippen LogP contribution in [0.1, 0.15) is 0 Å². The number of ether oxygens (including phenoxy) is 1. The first-order valence-corrected chi connectivity index (χ1v) is 3.99. The van der Waals surface area contributed by atoms with Gasteiger partial charge < -0.3 is 10.1 Å². The number of hydrogen-bond acceptors (Lipinski definition) is 1.